The molecule has 2 rings (SSSR count). The maximum absolute atomic E-state index is 12.4. The molecule has 0 fully saturated rings. The van der Waals surface area contributed by atoms with Crippen molar-refractivity contribution in [2.45, 2.75) is 19.3 Å². The van der Waals surface area contributed by atoms with Crippen molar-refractivity contribution in [3.63, 3.8) is 0 Å². The van der Waals surface area contributed by atoms with Gasteiger partial charge in [-0.3, -0.25) is 9.59 Å². The molecule has 106 valence electrons. The fraction of sp³-hybridized carbons (Fsp3) is 0.400. The minimum atomic E-state index is -1.09. The minimum absolute atomic E-state index is 0.114. The van der Waals surface area contributed by atoms with Gasteiger partial charge in [0.25, 0.3) is 5.78 Å². The first-order chi connectivity index (χ1) is 9.56. The van der Waals surface area contributed by atoms with E-state index in [0.29, 0.717) is 18.5 Å². The molecule has 0 saturated heterocycles. The number of carbonyl (C=O) groups excluding carboxylic acids is 3. The van der Waals surface area contributed by atoms with Crippen molar-refractivity contribution in [2.75, 3.05) is 20.2 Å². The lowest BCUT2D eigenvalue weighted by Gasteiger charge is -2.19. The van der Waals surface area contributed by atoms with Crippen LogP contribution in [-0.4, -0.2) is 42.8 Å². The number of esters is 1. The summed E-state index contributed by atoms with van der Waals surface area (Å²) in [7, 11) is 1.64. The highest BCUT2D eigenvalue weighted by Crippen LogP contribution is 2.27. The molecule has 0 radical (unpaired) electrons. The summed E-state index contributed by atoms with van der Waals surface area (Å²) < 4.78 is 4.74. The summed E-state index contributed by atoms with van der Waals surface area (Å²) in [5, 5.41) is 0. The lowest BCUT2D eigenvalue weighted by Crippen LogP contribution is -2.37. The van der Waals surface area contributed by atoms with Crippen LogP contribution in [0.1, 0.15) is 24.0 Å². The standard InChI is InChI=1S/C15H17NO4/c1-3-20-15(19)13(17)12-11-7-5-4-6-10(11)8-9-16(2)14(12)18/h4-7,12H,3,8-9H2,1-2H3/t12-/m1/s1. The molecule has 0 aliphatic carbocycles. The van der Waals surface area contributed by atoms with Crippen LogP contribution in [0.15, 0.2) is 24.3 Å². The molecule has 0 spiro atoms. The Bertz CT molecular complexity index is 553. The van der Waals surface area contributed by atoms with E-state index in [-0.39, 0.29) is 12.5 Å². The average Bonchev–Trinajstić information content (AvgIpc) is 2.57. The molecular weight excluding hydrogens is 258 g/mol. The number of rotatable bonds is 3. The van der Waals surface area contributed by atoms with Gasteiger partial charge in [0.2, 0.25) is 5.91 Å². The van der Waals surface area contributed by atoms with Crippen molar-refractivity contribution in [2.24, 2.45) is 0 Å². The topological polar surface area (TPSA) is 63.7 Å². The molecule has 1 aliphatic rings. The first kappa shape index (κ1) is 14.2. The maximum Gasteiger partial charge on any atom is 0.375 e. The van der Waals surface area contributed by atoms with E-state index < -0.39 is 17.7 Å². The fourth-order valence-electron chi connectivity index (χ4n) is 2.37. The van der Waals surface area contributed by atoms with Crippen LogP contribution < -0.4 is 0 Å². The SMILES string of the molecule is CCOC(=O)C(=O)[C@@H]1C(=O)N(C)CCc2ccccc21. The van der Waals surface area contributed by atoms with E-state index in [1.54, 1.807) is 26.1 Å². The Balaban J connectivity index is 2.44. The van der Waals surface area contributed by atoms with Crippen LogP contribution in [-0.2, 0) is 25.5 Å². The zero-order chi connectivity index (χ0) is 14.7. The van der Waals surface area contributed by atoms with Gasteiger partial charge in [0.1, 0.15) is 5.92 Å². The molecule has 1 aromatic carbocycles. The molecular formula is C15H17NO4. The van der Waals surface area contributed by atoms with Gasteiger partial charge in [0, 0.05) is 13.6 Å². The van der Waals surface area contributed by atoms with Gasteiger partial charge in [-0.05, 0) is 24.5 Å². The second-order valence-electron chi connectivity index (χ2n) is 4.73. The summed E-state index contributed by atoms with van der Waals surface area (Å²) in [6.45, 7) is 2.27. The number of nitrogens with zero attached hydrogens (tertiary/aromatic N) is 1. The summed E-state index contributed by atoms with van der Waals surface area (Å²) >= 11 is 0. The Labute approximate surface area is 117 Å². The Kier molecular flexibility index (Phi) is 4.17. The van der Waals surface area contributed by atoms with Gasteiger partial charge in [-0.25, -0.2) is 4.79 Å². The molecule has 1 heterocycles. The second kappa shape index (κ2) is 5.86. The van der Waals surface area contributed by atoms with E-state index >= 15 is 0 Å². The van der Waals surface area contributed by atoms with Crippen molar-refractivity contribution in [3.05, 3.63) is 35.4 Å². The third kappa shape index (κ3) is 2.57. The van der Waals surface area contributed by atoms with Gasteiger partial charge in [-0.1, -0.05) is 24.3 Å². The monoisotopic (exact) mass is 275 g/mol. The van der Waals surface area contributed by atoms with Crippen LogP contribution in [0.4, 0.5) is 0 Å². The number of hydrogen-bond donors (Lipinski definition) is 0. The van der Waals surface area contributed by atoms with Crippen LogP contribution in [0.2, 0.25) is 0 Å². The highest BCUT2D eigenvalue weighted by molar-refractivity contribution is 6.40. The summed E-state index contributed by atoms with van der Waals surface area (Å²) in [5.74, 6) is -3.18. The summed E-state index contributed by atoms with van der Waals surface area (Å²) in [4.78, 5) is 37.8. The molecule has 20 heavy (non-hydrogen) atoms. The van der Waals surface area contributed by atoms with E-state index in [1.165, 1.54) is 4.90 Å². The predicted molar refractivity (Wildman–Crippen MR) is 72.2 cm³/mol. The van der Waals surface area contributed by atoms with Crippen LogP contribution >= 0.6 is 0 Å². The molecule has 0 unspecified atom stereocenters. The number of Topliss-reactive ketones (excluding diaryl/α,β-unsaturated/α-hetero) is 1. The lowest BCUT2D eigenvalue weighted by atomic mass is 9.90. The molecule has 1 atom stereocenters. The Morgan fingerprint density at radius 2 is 2.05 bits per heavy atom. The van der Waals surface area contributed by atoms with Crippen LogP contribution in [0.25, 0.3) is 0 Å². The Morgan fingerprint density at radius 1 is 1.35 bits per heavy atom. The largest absolute Gasteiger partial charge is 0.460 e. The van der Waals surface area contributed by atoms with Gasteiger partial charge >= 0.3 is 5.97 Å². The molecule has 1 amide bonds. The maximum atomic E-state index is 12.4. The summed E-state index contributed by atoms with van der Waals surface area (Å²) in [6.07, 6.45) is 0.672. The zero-order valence-corrected chi connectivity index (χ0v) is 11.6. The lowest BCUT2D eigenvalue weighted by molar-refractivity contribution is -0.156. The number of benzene rings is 1. The van der Waals surface area contributed by atoms with E-state index in [4.69, 9.17) is 4.74 Å². The molecule has 0 bridgehead atoms. The van der Waals surface area contributed by atoms with Crippen molar-refractivity contribution in [1.82, 2.24) is 4.90 Å². The summed E-state index contributed by atoms with van der Waals surface area (Å²) in [6, 6.07) is 7.24. The zero-order valence-electron chi connectivity index (χ0n) is 11.6. The number of ether oxygens (including phenoxy) is 1. The average molecular weight is 275 g/mol. The number of likely N-dealkylation sites (N-methyl/N-ethyl adjacent to an activating group) is 1. The van der Waals surface area contributed by atoms with Crippen LogP contribution in [0.5, 0.6) is 0 Å². The molecule has 1 aliphatic heterocycles. The molecule has 0 aromatic heterocycles. The Morgan fingerprint density at radius 3 is 2.75 bits per heavy atom. The van der Waals surface area contributed by atoms with Crippen LogP contribution in [0, 0.1) is 0 Å². The number of hydrogen-bond acceptors (Lipinski definition) is 4. The number of fused-ring (bicyclic) bond motifs is 1. The normalized spacial score (nSPS) is 18.2. The minimum Gasteiger partial charge on any atom is -0.460 e. The van der Waals surface area contributed by atoms with E-state index in [9.17, 15) is 14.4 Å². The Hall–Kier alpha value is -2.17. The fourth-order valence-corrected chi connectivity index (χ4v) is 2.37. The smallest absolute Gasteiger partial charge is 0.375 e. The molecule has 5 nitrogen and oxygen atoms in total. The predicted octanol–water partition coefficient (Wildman–Crippen LogP) is 0.917. The van der Waals surface area contributed by atoms with Gasteiger partial charge in [-0.15, -0.1) is 0 Å². The number of carbonyl (C=O) groups is 3. The van der Waals surface area contributed by atoms with Crippen molar-refractivity contribution < 1.29 is 19.1 Å². The molecule has 1 aromatic rings. The third-order valence-electron chi connectivity index (χ3n) is 3.44. The van der Waals surface area contributed by atoms with E-state index in [1.807, 2.05) is 12.1 Å². The summed E-state index contributed by atoms with van der Waals surface area (Å²) in [5.41, 5.74) is 1.53. The second-order valence-corrected chi connectivity index (χ2v) is 4.73. The van der Waals surface area contributed by atoms with Gasteiger partial charge in [0.15, 0.2) is 0 Å². The van der Waals surface area contributed by atoms with Crippen LogP contribution in [0.3, 0.4) is 0 Å². The first-order valence-electron chi connectivity index (χ1n) is 6.60. The van der Waals surface area contributed by atoms with Gasteiger partial charge in [0.05, 0.1) is 6.61 Å². The highest BCUT2D eigenvalue weighted by atomic mass is 16.5. The highest BCUT2D eigenvalue weighted by Gasteiger charge is 2.38. The number of amides is 1. The number of ketones is 1. The third-order valence-corrected chi connectivity index (χ3v) is 3.44. The molecule has 5 heteroatoms. The van der Waals surface area contributed by atoms with E-state index in [2.05, 4.69) is 0 Å². The van der Waals surface area contributed by atoms with Crippen molar-refractivity contribution in [1.29, 1.82) is 0 Å². The van der Waals surface area contributed by atoms with Gasteiger partial charge in [-0.2, -0.15) is 0 Å². The van der Waals surface area contributed by atoms with E-state index in [0.717, 1.165) is 5.56 Å². The molecule has 0 saturated carbocycles. The van der Waals surface area contributed by atoms with Crippen molar-refractivity contribution >= 4 is 17.7 Å². The quantitative estimate of drug-likeness (QED) is 0.467. The first-order valence-corrected chi connectivity index (χ1v) is 6.60. The molecule has 0 N–H and O–H groups in total. The van der Waals surface area contributed by atoms with Gasteiger partial charge < -0.3 is 9.64 Å². The van der Waals surface area contributed by atoms with Crippen molar-refractivity contribution in [3.8, 4) is 0 Å².